The van der Waals surface area contributed by atoms with Gasteiger partial charge in [0.1, 0.15) is 11.5 Å². The van der Waals surface area contributed by atoms with Crippen molar-refractivity contribution in [2.75, 3.05) is 6.66 Å². The lowest BCUT2D eigenvalue weighted by Crippen LogP contribution is -2.04. The van der Waals surface area contributed by atoms with Crippen LogP contribution in [0, 0.1) is 20.8 Å². The lowest BCUT2D eigenvalue weighted by Gasteiger charge is -2.21. The Labute approximate surface area is 186 Å². The van der Waals surface area contributed by atoms with E-state index < -0.39 is 7.37 Å². The van der Waals surface area contributed by atoms with E-state index in [9.17, 15) is 9.67 Å². The molecule has 0 heterocycles. The van der Waals surface area contributed by atoms with Gasteiger partial charge in [0.05, 0.1) is 6.16 Å². The van der Waals surface area contributed by atoms with Crippen LogP contribution in [0.2, 0.25) is 0 Å². The number of hydrogen-bond donors (Lipinski definition) is 1. The lowest BCUT2D eigenvalue weighted by molar-refractivity contribution is 0.464. The summed E-state index contributed by atoms with van der Waals surface area (Å²) in [5.74, 6) is 1.27. The Hall–Kier alpha value is -2.51. The van der Waals surface area contributed by atoms with Gasteiger partial charge < -0.3 is 9.63 Å². The third kappa shape index (κ3) is 5.60. The molecule has 0 spiro atoms. The number of phenols is 1. The molecule has 1 N–H and O–H groups in total. The molecule has 3 aromatic rings. The van der Waals surface area contributed by atoms with Gasteiger partial charge in [-0.1, -0.05) is 50.2 Å². The monoisotopic (exact) mass is 436 g/mol. The number of para-hydroxylation sites is 1. The van der Waals surface area contributed by atoms with E-state index in [2.05, 4.69) is 46.8 Å². The fourth-order valence-electron chi connectivity index (χ4n) is 4.08. The summed E-state index contributed by atoms with van der Waals surface area (Å²) in [6, 6.07) is 17.4. The first-order valence-electron chi connectivity index (χ1n) is 10.8. The van der Waals surface area contributed by atoms with Crippen LogP contribution in [0.15, 0.2) is 54.6 Å². The average molecular weight is 437 g/mol. The topological polar surface area (TPSA) is 46.5 Å². The van der Waals surface area contributed by atoms with Crippen LogP contribution in [0.25, 0.3) is 0 Å². The summed E-state index contributed by atoms with van der Waals surface area (Å²) >= 11 is 0. The Morgan fingerprint density at radius 3 is 2.29 bits per heavy atom. The van der Waals surface area contributed by atoms with Crippen molar-refractivity contribution in [2.45, 2.75) is 53.1 Å². The molecule has 3 aromatic carbocycles. The van der Waals surface area contributed by atoms with Crippen LogP contribution in [0.4, 0.5) is 0 Å². The molecule has 164 valence electrons. The zero-order chi connectivity index (χ0) is 22.8. The van der Waals surface area contributed by atoms with Gasteiger partial charge in [0.15, 0.2) is 0 Å². The highest BCUT2D eigenvalue weighted by Crippen LogP contribution is 2.47. The largest absolute Gasteiger partial charge is 0.508 e. The zero-order valence-corrected chi connectivity index (χ0v) is 20.3. The molecule has 0 fully saturated rings. The smallest absolute Gasteiger partial charge is 0.249 e. The molecule has 1 atom stereocenters. The van der Waals surface area contributed by atoms with E-state index in [-0.39, 0.29) is 5.92 Å². The maximum Gasteiger partial charge on any atom is 0.249 e. The molecule has 0 aliphatic rings. The van der Waals surface area contributed by atoms with Crippen LogP contribution in [0.5, 0.6) is 11.5 Å². The summed E-state index contributed by atoms with van der Waals surface area (Å²) in [6.45, 7) is 12.3. The van der Waals surface area contributed by atoms with Gasteiger partial charge in [0.25, 0.3) is 0 Å². The highest BCUT2D eigenvalue weighted by Gasteiger charge is 2.22. The van der Waals surface area contributed by atoms with E-state index in [0.717, 1.165) is 17.5 Å². The number of aromatic hydroxyl groups is 1. The van der Waals surface area contributed by atoms with Gasteiger partial charge in [-0.2, -0.15) is 0 Å². The number of phenolic OH excluding ortho intramolecular Hbond substituents is 1. The van der Waals surface area contributed by atoms with Crippen LogP contribution < -0.4 is 4.52 Å². The molecule has 0 amide bonds. The number of aryl methyl sites for hydroxylation is 1. The molecule has 3 rings (SSSR count). The normalized spacial score (nSPS) is 13.3. The van der Waals surface area contributed by atoms with Crippen molar-refractivity contribution in [3.8, 4) is 11.5 Å². The Morgan fingerprint density at radius 1 is 0.968 bits per heavy atom. The van der Waals surface area contributed by atoms with Gasteiger partial charge in [0.2, 0.25) is 7.37 Å². The first-order chi connectivity index (χ1) is 14.6. The number of rotatable bonds is 7. The van der Waals surface area contributed by atoms with E-state index in [4.69, 9.17) is 4.52 Å². The molecule has 0 saturated heterocycles. The van der Waals surface area contributed by atoms with E-state index in [1.54, 1.807) is 12.7 Å². The Morgan fingerprint density at radius 2 is 1.65 bits per heavy atom. The van der Waals surface area contributed by atoms with Crippen molar-refractivity contribution >= 4 is 7.37 Å². The van der Waals surface area contributed by atoms with E-state index >= 15 is 0 Å². The Kier molecular flexibility index (Phi) is 6.96. The minimum atomic E-state index is -2.84. The van der Waals surface area contributed by atoms with E-state index in [1.807, 2.05) is 36.4 Å². The van der Waals surface area contributed by atoms with Crippen molar-refractivity contribution in [3.63, 3.8) is 0 Å². The Balaban J connectivity index is 1.87. The van der Waals surface area contributed by atoms with Crippen LogP contribution in [0.3, 0.4) is 0 Å². The number of benzene rings is 3. The molecule has 1 unspecified atom stereocenters. The summed E-state index contributed by atoms with van der Waals surface area (Å²) in [4.78, 5) is 0. The second-order valence-corrected chi connectivity index (χ2v) is 11.4. The van der Waals surface area contributed by atoms with Gasteiger partial charge in [-0.25, -0.2) is 0 Å². The quantitative estimate of drug-likeness (QED) is 0.390. The van der Waals surface area contributed by atoms with E-state index in [0.29, 0.717) is 17.7 Å². The summed E-state index contributed by atoms with van der Waals surface area (Å²) in [5, 5.41) is 10.1. The molecule has 4 heteroatoms. The molecule has 31 heavy (non-hydrogen) atoms. The molecule has 3 nitrogen and oxygen atoms in total. The summed E-state index contributed by atoms with van der Waals surface area (Å²) in [6.07, 6.45) is 1.22. The first kappa shape index (κ1) is 23.2. The third-order valence-corrected chi connectivity index (χ3v) is 7.47. The third-order valence-electron chi connectivity index (χ3n) is 5.96. The van der Waals surface area contributed by atoms with Crippen LogP contribution in [-0.2, 0) is 17.1 Å². The van der Waals surface area contributed by atoms with Crippen molar-refractivity contribution in [2.24, 2.45) is 0 Å². The molecular formula is C27H33O3P. The fraction of sp³-hybridized carbons (Fsp3) is 0.333. The highest BCUT2D eigenvalue weighted by atomic mass is 31.2. The molecule has 0 saturated carbocycles. The fourth-order valence-corrected chi connectivity index (χ4v) is 5.66. The minimum absolute atomic E-state index is 0.273. The predicted molar refractivity (Wildman–Crippen MR) is 130 cm³/mol. The molecule has 0 aromatic heterocycles. The van der Waals surface area contributed by atoms with Gasteiger partial charge in [-0.15, -0.1) is 0 Å². The van der Waals surface area contributed by atoms with Gasteiger partial charge in [-0.3, -0.25) is 4.57 Å². The van der Waals surface area contributed by atoms with Crippen molar-refractivity contribution in [1.82, 2.24) is 0 Å². The summed E-state index contributed by atoms with van der Waals surface area (Å²) in [5.41, 5.74) is 8.12. The SMILES string of the molecule is Cc1cc(CP(C)(=O)Oc2ccccc2)c(C)c(C)c1Cc1ccc(O)c(C(C)C)c1. The average Bonchev–Trinajstić information content (AvgIpc) is 2.70. The Bertz CT molecular complexity index is 1120. The van der Waals surface area contributed by atoms with Crippen molar-refractivity contribution in [3.05, 3.63) is 93.5 Å². The van der Waals surface area contributed by atoms with Crippen LogP contribution in [0.1, 0.15) is 58.7 Å². The second-order valence-electron chi connectivity index (χ2n) is 8.88. The maximum atomic E-state index is 13.2. The van der Waals surface area contributed by atoms with Crippen LogP contribution in [-0.4, -0.2) is 11.8 Å². The highest BCUT2D eigenvalue weighted by molar-refractivity contribution is 7.57. The molecule has 0 aliphatic heterocycles. The van der Waals surface area contributed by atoms with Gasteiger partial charge >= 0.3 is 0 Å². The standard InChI is InChI=1S/C27H33O3P/c1-18(2)25-15-22(12-13-27(25)28)16-26-19(3)14-23(20(4)21(26)5)17-31(6,29)30-24-10-8-7-9-11-24/h7-15,18,28H,16-17H2,1-6H3. The number of hydrogen-bond acceptors (Lipinski definition) is 3. The van der Waals surface area contributed by atoms with Gasteiger partial charge in [0, 0.05) is 6.66 Å². The minimum Gasteiger partial charge on any atom is -0.508 e. The lowest BCUT2D eigenvalue weighted by atomic mass is 9.89. The molecular weight excluding hydrogens is 403 g/mol. The molecule has 0 aliphatic carbocycles. The maximum absolute atomic E-state index is 13.2. The molecule has 0 bridgehead atoms. The zero-order valence-electron chi connectivity index (χ0n) is 19.4. The summed E-state index contributed by atoms with van der Waals surface area (Å²) in [7, 11) is -2.84. The van der Waals surface area contributed by atoms with Crippen molar-refractivity contribution in [1.29, 1.82) is 0 Å². The van der Waals surface area contributed by atoms with E-state index in [1.165, 1.54) is 27.8 Å². The summed E-state index contributed by atoms with van der Waals surface area (Å²) < 4.78 is 19.0. The molecule has 0 radical (unpaired) electrons. The second kappa shape index (κ2) is 9.32. The van der Waals surface area contributed by atoms with Crippen molar-refractivity contribution < 1.29 is 14.2 Å². The first-order valence-corrected chi connectivity index (χ1v) is 13.0. The van der Waals surface area contributed by atoms with Gasteiger partial charge in [-0.05, 0) is 90.3 Å². The predicted octanol–water partition coefficient (Wildman–Crippen LogP) is 7.52. The van der Waals surface area contributed by atoms with Crippen LogP contribution >= 0.6 is 7.37 Å².